The van der Waals surface area contributed by atoms with Gasteiger partial charge in [0.25, 0.3) is 10.1 Å². The van der Waals surface area contributed by atoms with Crippen molar-refractivity contribution in [1.82, 2.24) is 6.15 Å². The Bertz CT molecular complexity index is 278. The summed E-state index contributed by atoms with van der Waals surface area (Å²) in [5.74, 6) is -0.268. The molecule has 4 N–H and O–H groups in total. The minimum atomic E-state index is -4.08. The summed E-state index contributed by atoms with van der Waals surface area (Å²) in [5.41, 5.74) is 0. The Balaban J connectivity index is 0. The summed E-state index contributed by atoms with van der Waals surface area (Å²) in [6.45, 7) is 0. The van der Waals surface area contributed by atoms with Crippen LogP contribution >= 0.6 is 0 Å². The van der Waals surface area contributed by atoms with Crippen molar-refractivity contribution in [2.24, 2.45) is 0 Å². The molecule has 4 nitrogen and oxygen atoms in total. The highest BCUT2D eigenvalue weighted by Gasteiger charge is 2.25. The van der Waals surface area contributed by atoms with Crippen molar-refractivity contribution in [2.75, 3.05) is 5.75 Å². The Labute approximate surface area is 99.9 Å². The van der Waals surface area contributed by atoms with E-state index in [4.69, 9.17) is 4.55 Å². The van der Waals surface area contributed by atoms with Gasteiger partial charge in [0.15, 0.2) is 0 Å². The topological polar surface area (TPSA) is 89.4 Å². The van der Waals surface area contributed by atoms with Crippen LogP contribution in [0.1, 0.15) is 44.9 Å². The molecule has 0 saturated heterocycles. The molecular formula is C9H20F3NO3S. The Hall–Kier alpha value is -0.340. The van der Waals surface area contributed by atoms with Gasteiger partial charge in [-0.05, 0) is 12.8 Å². The molecule has 0 aliphatic rings. The van der Waals surface area contributed by atoms with E-state index in [0.29, 0.717) is 32.1 Å². The van der Waals surface area contributed by atoms with Gasteiger partial charge >= 0.3 is 6.18 Å². The average molecular weight is 279 g/mol. The average Bonchev–Trinajstić information content (AvgIpc) is 2.06. The number of rotatable bonds is 8. The molecule has 0 bridgehead atoms. The van der Waals surface area contributed by atoms with E-state index < -0.39 is 22.7 Å². The molecule has 17 heavy (non-hydrogen) atoms. The van der Waals surface area contributed by atoms with Crippen LogP contribution in [-0.4, -0.2) is 24.9 Å². The molecule has 0 spiro atoms. The van der Waals surface area contributed by atoms with Crippen molar-refractivity contribution < 1.29 is 26.1 Å². The minimum absolute atomic E-state index is 0. The molecule has 0 aromatic heterocycles. The molecule has 0 amide bonds. The molecule has 0 aliphatic heterocycles. The molecule has 0 unspecified atom stereocenters. The van der Waals surface area contributed by atoms with Crippen LogP contribution in [0, 0.1) is 0 Å². The first kappa shape index (κ1) is 19.0. The highest BCUT2D eigenvalue weighted by Crippen LogP contribution is 2.23. The Morgan fingerprint density at radius 1 is 0.882 bits per heavy atom. The second-order valence-corrected chi connectivity index (χ2v) is 5.34. The molecule has 8 heteroatoms. The zero-order valence-electron chi connectivity index (χ0n) is 9.67. The van der Waals surface area contributed by atoms with E-state index >= 15 is 0 Å². The van der Waals surface area contributed by atoms with E-state index in [9.17, 15) is 21.6 Å². The number of unbranched alkanes of at least 4 members (excludes halogenated alkanes) is 5. The second kappa shape index (κ2) is 8.71. The lowest BCUT2D eigenvalue weighted by molar-refractivity contribution is -0.135. The second-order valence-electron chi connectivity index (χ2n) is 3.77. The smallest absolute Gasteiger partial charge is 0.344 e. The summed E-state index contributed by atoms with van der Waals surface area (Å²) in [5, 5.41) is 0. The number of hydrogen-bond acceptors (Lipinski definition) is 3. The van der Waals surface area contributed by atoms with Crippen molar-refractivity contribution in [1.29, 1.82) is 0 Å². The molecule has 0 heterocycles. The van der Waals surface area contributed by atoms with Crippen LogP contribution in [0.2, 0.25) is 0 Å². The lowest BCUT2D eigenvalue weighted by Gasteiger charge is -2.05. The molecule has 0 aliphatic carbocycles. The molecule has 0 aromatic rings. The van der Waals surface area contributed by atoms with E-state index in [0.717, 1.165) is 0 Å². The highest BCUT2D eigenvalue weighted by molar-refractivity contribution is 7.85. The zero-order valence-corrected chi connectivity index (χ0v) is 10.5. The lowest BCUT2D eigenvalue weighted by atomic mass is 10.1. The number of alkyl halides is 3. The van der Waals surface area contributed by atoms with Crippen LogP contribution in [0.3, 0.4) is 0 Å². The van der Waals surface area contributed by atoms with Gasteiger partial charge in [-0.25, -0.2) is 0 Å². The van der Waals surface area contributed by atoms with Crippen LogP contribution in [-0.2, 0) is 10.1 Å². The molecule has 0 saturated carbocycles. The van der Waals surface area contributed by atoms with Gasteiger partial charge < -0.3 is 6.15 Å². The fraction of sp³-hybridized carbons (Fsp3) is 1.00. The molecular weight excluding hydrogens is 259 g/mol. The third kappa shape index (κ3) is 18.2. The maximum absolute atomic E-state index is 11.7. The van der Waals surface area contributed by atoms with Gasteiger partial charge in [0.2, 0.25) is 0 Å². The van der Waals surface area contributed by atoms with Crippen LogP contribution in [0.25, 0.3) is 0 Å². The van der Waals surface area contributed by atoms with Crippen LogP contribution < -0.4 is 6.15 Å². The van der Waals surface area contributed by atoms with Crippen LogP contribution in [0.15, 0.2) is 0 Å². The lowest BCUT2D eigenvalue weighted by Crippen LogP contribution is -2.06. The van der Waals surface area contributed by atoms with Crippen LogP contribution in [0.4, 0.5) is 13.2 Å². The molecule has 0 atom stereocenters. The third-order valence-electron chi connectivity index (χ3n) is 2.11. The summed E-state index contributed by atoms with van der Waals surface area (Å²) in [6, 6.07) is 0. The number of hydrogen-bond donors (Lipinski definition) is 2. The predicted molar refractivity (Wildman–Crippen MR) is 59.8 cm³/mol. The summed E-state index contributed by atoms with van der Waals surface area (Å²) >= 11 is 0. The fourth-order valence-electron chi connectivity index (χ4n) is 1.32. The van der Waals surface area contributed by atoms with Gasteiger partial charge in [0.1, 0.15) is 0 Å². The number of halogens is 3. The maximum Gasteiger partial charge on any atom is 0.389 e. The summed E-state index contributed by atoms with van der Waals surface area (Å²) in [7, 11) is -3.89. The summed E-state index contributed by atoms with van der Waals surface area (Å²) in [6.07, 6.45) is -1.85. The van der Waals surface area contributed by atoms with Crippen molar-refractivity contribution in [3.8, 4) is 0 Å². The fourth-order valence-corrected chi connectivity index (χ4v) is 1.89. The Morgan fingerprint density at radius 2 is 1.29 bits per heavy atom. The van der Waals surface area contributed by atoms with E-state index in [1.807, 2.05) is 0 Å². The first-order valence-corrected chi connectivity index (χ1v) is 6.83. The molecule has 106 valence electrons. The standard InChI is InChI=1S/C9H17F3O3S.H3N/c10-9(11,12)7-5-3-1-2-4-6-8-16(13,14)15;/h1-8H2,(H,13,14,15);1H3. The predicted octanol–water partition coefficient (Wildman–Crippen LogP) is 3.33. The zero-order chi connectivity index (χ0) is 12.7. The van der Waals surface area contributed by atoms with Crippen molar-refractivity contribution in [2.45, 2.75) is 51.1 Å². The van der Waals surface area contributed by atoms with Gasteiger partial charge in [-0.1, -0.05) is 25.7 Å². The Kier molecular flexibility index (Phi) is 9.74. The van der Waals surface area contributed by atoms with E-state index in [2.05, 4.69) is 0 Å². The normalized spacial score (nSPS) is 12.2. The first-order chi connectivity index (χ1) is 7.21. The molecule has 0 fully saturated rings. The maximum atomic E-state index is 11.7. The van der Waals surface area contributed by atoms with Crippen molar-refractivity contribution in [3.05, 3.63) is 0 Å². The monoisotopic (exact) mass is 279 g/mol. The molecule has 0 rings (SSSR count). The van der Waals surface area contributed by atoms with E-state index in [1.165, 1.54) is 0 Å². The van der Waals surface area contributed by atoms with Crippen LogP contribution in [0.5, 0.6) is 0 Å². The molecule has 0 radical (unpaired) electrons. The molecule has 0 aromatic carbocycles. The SMILES string of the molecule is N.O=S(=O)(O)CCCCCCCCC(F)(F)F. The van der Waals surface area contributed by atoms with Gasteiger partial charge in [0, 0.05) is 6.42 Å². The summed E-state index contributed by atoms with van der Waals surface area (Å²) < 4.78 is 64.2. The van der Waals surface area contributed by atoms with E-state index in [1.54, 1.807) is 0 Å². The van der Waals surface area contributed by atoms with Gasteiger partial charge in [-0.15, -0.1) is 0 Å². The Morgan fingerprint density at radius 3 is 1.71 bits per heavy atom. The first-order valence-electron chi connectivity index (χ1n) is 5.23. The van der Waals surface area contributed by atoms with E-state index in [-0.39, 0.29) is 18.3 Å². The van der Waals surface area contributed by atoms with Gasteiger partial charge in [0.05, 0.1) is 5.75 Å². The van der Waals surface area contributed by atoms with Crippen molar-refractivity contribution >= 4 is 10.1 Å². The largest absolute Gasteiger partial charge is 0.389 e. The van der Waals surface area contributed by atoms with Crippen molar-refractivity contribution in [3.63, 3.8) is 0 Å². The van der Waals surface area contributed by atoms with Gasteiger partial charge in [-0.3, -0.25) is 4.55 Å². The third-order valence-corrected chi connectivity index (χ3v) is 2.92. The summed E-state index contributed by atoms with van der Waals surface area (Å²) in [4.78, 5) is 0. The highest BCUT2D eigenvalue weighted by atomic mass is 32.2. The van der Waals surface area contributed by atoms with Gasteiger partial charge in [-0.2, -0.15) is 21.6 Å². The minimum Gasteiger partial charge on any atom is -0.344 e. The quantitative estimate of drug-likeness (QED) is 0.526.